The Morgan fingerprint density at radius 2 is 0.619 bits per heavy atom. The van der Waals surface area contributed by atoms with E-state index >= 15 is 0 Å². The van der Waals surface area contributed by atoms with Crippen LogP contribution < -0.4 is 0 Å². The topological polar surface area (TPSA) is 20.2 Å². The van der Waals surface area contributed by atoms with Gasteiger partial charge in [0.25, 0.3) is 0 Å². The molecule has 0 saturated carbocycles. The molecule has 21 heavy (non-hydrogen) atoms. The van der Waals surface area contributed by atoms with Crippen molar-refractivity contribution < 1.29 is 9.50 Å². The first-order valence-electron chi connectivity index (χ1n) is 9.58. The first-order valence-corrected chi connectivity index (χ1v) is 9.58. The lowest BCUT2D eigenvalue weighted by atomic mass is 10.0. The van der Waals surface area contributed by atoms with Crippen molar-refractivity contribution in [3.05, 3.63) is 0 Å². The summed E-state index contributed by atoms with van der Waals surface area (Å²) in [5.41, 5.74) is 0. The summed E-state index contributed by atoms with van der Waals surface area (Å²) in [5.74, 6) is 0. The smallest absolute Gasteiger partial charge is 0.0894 e. The predicted molar refractivity (Wildman–Crippen MR) is 91.5 cm³/mol. The van der Waals surface area contributed by atoms with Gasteiger partial charge in [0.15, 0.2) is 0 Å². The van der Waals surface area contributed by atoms with E-state index in [1.807, 2.05) is 0 Å². The zero-order valence-electron chi connectivity index (χ0n) is 14.3. The molecule has 0 rings (SSSR count). The van der Waals surface area contributed by atoms with Crippen molar-refractivity contribution in [2.75, 3.05) is 13.3 Å². The number of alkyl halides is 1. The van der Waals surface area contributed by atoms with Gasteiger partial charge >= 0.3 is 0 Å². The Morgan fingerprint density at radius 1 is 0.381 bits per heavy atom. The second-order valence-electron chi connectivity index (χ2n) is 6.42. The fourth-order valence-corrected chi connectivity index (χ4v) is 2.86. The van der Waals surface area contributed by atoms with Crippen LogP contribution in [-0.4, -0.2) is 18.4 Å². The van der Waals surface area contributed by atoms with Gasteiger partial charge in [-0.1, -0.05) is 96.3 Å². The molecule has 0 radical (unpaired) electrons. The van der Waals surface area contributed by atoms with Crippen molar-refractivity contribution in [3.63, 3.8) is 0 Å². The summed E-state index contributed by atoms with van der Waals surface area (Å²) in [7, 11) is 0. The summed E-state index contributed by atoms with van der Waals surface area (Å²) in [6.07, 6.45) is 21.7. The van der Waals surface area contributed by atoms with Crippen LogP contribution in [0.1, 0.15) is 109 Å². The summed E-state index contributed by atoms with van der Waals surface area (Å²) in [6.45, 7) is 0.222. The van der Waals surface area contributed by atoms with Gasteiger partial charge in [-0.15, -0.1) is 0 Å². The number of aliphatic hydroxyl groups is 1. The van der Waals surface area contributed by atoms with Crippen molar-refractivity contribution in [1.82, 2.24) is 0 Å². The minimum atomic E-state index is -0.136. The van der Waals surface area contributed by atoms with Gasteiger partial charge in [0.05, 0.1) is 6.67 Å². The number of hydrogen-bond donors (Lipinski definition) is 1. The molecule has 1 nitrogen and oxygen atoms in total. The first-order chi connectivity index (χ1) is 10.4. The largest absolute Gasteiger partial charge is 0.396 e. The zero-order chi connectivity index (χ0) is 15.4. The maximum Gasteiger partial charge on any atom is 0.0894 e. The Bertz CT molecular complexity index is 155. The van der Waals surface area contributed by atoms with Crippen LogP contribution in [0.3, 0.4) is 0 Å². The standard InChI is InChI=1S/C19H39FO/c20-18-16-14-12-10-8-6-4-2-1-3-5-7-9-11-13-15-17-19-21/h21H,1-19H2. The van der Waals surface area contributed by atoms with E-state index in [2.05, 4.69) is 0 Å². The molecule has 0 amide bonds. The number of unbranched alkanes of at least 4 members (excludes halogenated alkanes) is 16. The Morgan fingerprint density at radius 3 is 0.857 bits per heavy atom. The number of rotatable bonds is 18. The van der Waals surface area contributed by atoms with Gasteiger partial charge in [-0.05, 0) is 12.8 Å². The molecule has 0 aliphatic heterocycles. The van der Waals surface area contributed by atoms with E-state index < -0.39 is 0 Å². The van der Waals surface area contributed by atoms with E-state index in [1.165, 1.54) is 89.9 Å². The fraction of sp³-hybridized carbons (Fsp3) is 1.00. The SMILES string of the molecule is OCCCCCCCCCCCCCCCCCCCF. The van der Waals surface area contributed by atoms with Crippen LogP contribution in [0.5, 0.6) is 0 Å². The zero-order valence-corrected chi connectivity index (χ0v) is 14.3. The highest BCUT2D eigenvalue weighted by molar-refractivity contribution is 4.50. The van der Waals surface area contributed by atoms with Crippen LogP contribution in [0, 0.1) is 0 Å². The van der Waals surface area contributed by atoms with E-state index in [0.717, 1.165) is 19.3 Å². The summed E-state index contributed by atoms with van der Waals surface area (Å²) >= 11 is 0. The molecule has 0 saturated heterocycles. The summed E-state index contributed by atoms with van der Waals surface area (Å²) in [4.78, 5) is 0. The molecule has 0 aromatic rings. The van der Waals surface area contributed by atoms with Crippen LogP contribution in [0.4, 0.5) is 4.39 Å². The number of hydrogen-bond acceptors (Lipinski definition) is 1. The van der Waals surface area contributed by atoms with Gasteiger partial charge in [0.2, 0.25) is 0 Å². The van der Waals surface area contributed by atoms with Crippen molar-refractivity contribution in [2.45, 2.75) is 109 Å². The molecule has 0 aliphatic rings. The Labute approximate surface area is 132 Å². The highest BCUT2D eigenvalue weighted by Crippen LogP contribution is 2.13. The molecular weight excluding hydrogens is 263 g/mol. The van der Waals surface area contributed by atoms with Crippen molar-refractivity contribution in [1.29, 1.82) is 0 Å². The average molecular weight is 303 g/mol. The van der Waals surface area contributed by atoms with Crippen LogP contribution >= 0.6 is 0 Å². The maximum absolute atomic E-state index is 11.9. The Hall–Kier alpha value is -0.110. The Balaban J connectivity index is 2.90. The third kappa shape index (κ3) is 19.9. The molecule has 0 atom stereocenters. The van der Waals surface area contributed by atoms with Crippen molar-refractivity contribution >= 4 is 0 Å². The van der Waals surface area contributed by atoms with Gasteiger partial charge in [0, 0.05) is 6.61 Å². The van der Waals surface area contributed by atoms with Gasteiger partial charge in [-0.3, -0.25) is 4.39 Å². The summed E-state index contributed by atoms with van der Waals surface area (Å²) in [6, 6.07) is 0. The van der Waals surface area contributed by atoms with E-state index in [-0.39, 0.29) is 6.67 Å². The molecule has 1 N–H and O–H groups in total. The van der Waals surface area contributed by atoms with Crippen LogP contribution in [0.2, 0.25) is 0 Å². The summed E-state index contributed by atoms with van der Waals surface area (Å²) < 4.78 is 11.9. The first kappa shape index (κ1) is 20.9. The third-order valence-corrected chi connectivity index (χ3v) is 4.29. The molecule has 0 aromatic carbocycles. The van der Waals surface area contributed by atoms with E-state index in [0.29, 0.717) is 6.61 Å². The summed E-state index contributed by atoms with van der Waals surface area (Å²) in [5, 5.41) is 8.68. The van der Waals surface area contributed by atoms with E-state index in [4.69, 9.17) is 5.11 Å². The second-order valence-corrected chi connectivity index (χ2v) is 6.42. The van der Waals surface area contributed by atoms with Crippen molar-refractivity contribution in [2.24, 2.45) is 0 Å². The normalized spacial score (nSPS) is 11.1. The highest BCUT2D eigenvalue weighted by Gasteiger charge is 1.94. The molecule has 0 fully saturated rings. The van der Waals surface area contributed by atoms with Gasteiger partial charge in [-0.2, -0.15) is 0 Å². The molecule has 0 aromatic heterocycles. The number of halogens is 1. The van der Waals surface area contributed by atoms with Crippen molar-refractivity contribution in [3.8, 4) is 0 Å². The van der Waals surface area contributed by atoms with Gasteiger partial charge in [-0.25, -0.2) is 0 Å². The van der Waals surface area contributed by atoms with E-state index in [1.54, 1.807) is 0 Å². The molecule has 0 spiro atoms. The van der Waals surface area contributed by atoms with Crippen LogP contribution in [0.25, 0.3) is 0 Å². The maximum atomic E-state index is 11.9. The molecule has 0 aliphatic carbocycles. The predicted octanol–water partition coefficient (Wildman–Crippen LogP) is 6.58. The lowest BCUT2D eigenvalue weighted by molar-refractivity contribution is 0.282. The third-order valence-electron chi connectivity index (χ3n) is 4.29. The van der Waals surface area contributed by atoms with Crippen LogP contribution in [0.15, 0.2) is 0 Å². The molecule has 128 valence electrons. The van der Waals surface area contributed by atoms with Gasteiger partial charge in [0.1, 0.15) is 0 Å². The van der Waals surface area contributed by atoms with Crippen LogP contribution in [-0.2, 0) is 0 Å². The highest BCUT2D eigenvalue weighted by atomic mass is 19.1. The van der Waals surface area contributed by atoms with Gasteiger partial charge < -0.3 is 5.11 Å². The lowest BCUT2D eigenvalue weighted by Gasteiger charge is -2.03. The average Bonchev–Trinajstić information content (AvgIpc) is 2.50. The monoisotopic (exact) mass is 302 g/mol. The lowest BCUT2D eigenvalue weighted by Crippen LogP contribution is -1.85. The second kappa shape index (κ2) is 19.9. The van der Waals surface area contributed by atoms with E-state index in [9.17, 15) is 4.39 Å². The molecule has 0 heterocycles. The Kier molecular flexibility index (Phi) is 19.8. The molecule has 0 unspecified atom stereocenters. The minimum absolute atomic E-state index is 0.136. The molecular formula is C19H39FO. The quantitative estimate of drug-likeness (QED) is 0.283. The fourth-order valence-electron chi connectivity index (χ4n) is 2.86. The minimum Gasteiger partial charge on any atom is -0.396 e. The number of aliphatic hydroxyl groups excluding tert-OH is 1. The molecule has 2 heteroatoms. The molecule has 0 bridgehead atoms.